The van der Waals surface area contributed by atoms with E-state index in [0.717, 1.165) is 41.8 Å². The van der Waals surface area contributed by atoms with Gasteiger partial charge >= 0.3 is 0 Å². The van der Waals surface area contributed by atoms with Crippen molar-refractivity contribution in [3.8, 4) is 11.5 Å². The molecule has 0 saturated carbocycles. The van der Waals surface area contributed by atoms with Crippen molar-refractivity contribution in [1.82, 2.24) is 14.5 Å². The van der Waals surface area contributed by atoms with Crippen molar-refractivity contribution in [2.24, 2.45) is 5.92 Å². The van der Waals surface area contributed by atoms with Gasteiger partial charge in [0, 0.05) is 24.7 Å². The van der Waals surface area contributed by atoms with E-state index in [0.29, 0.717) is 19.0 Å². The zero-order valence-corrected chi connectivity index (χ0v) is 19.2. The number of hydrogen-bond acceptors (Lipinski definition) is 8. The average Bonchev–Trinajstić information content (AvgIpc) is 3.22. The van der Waals surface area contributed by atoms with Gasteiger partial charge in [0.05, 0.1) is 14.7 Å². The molecule has 1 aliphatic rings. The van der Waals surface area contributed by atoms with Gasteiger partial charge in [0.1, 0.15) is 0 Å². The zero-order valence-electron chi connectivity index (χ0n) is 17.6. The molecule has 4 rings (SSSR count). The third-order valence-corrected chi connectivity index (χ3v) is 8.05. The highest BCUT2D eigenvalue weighted by Gasteiger charge is 2.31. The minimum atomic E-state index is -3.81. The van der Waals surface area contributed by atoms with E-state index >= 15 is 0 Å². The largest absolute Gasteiger partial charge is 0.411 e. The van der Waals surface area contributed by atoms with Crippen LogP contribution in [-0.4, -0.2) is 40.9 Å². The van der Waals surface area contributed by atoms with Crippen LogP contribution in [0.1, 0.15) is 25.3 Å². The van der Waals surface area contributed by atoms with Crippen LogP contribution in [0.15, 0.2) is 61.9 Å². The van der Waals surface area contributed by atoms with Gasteiger partial charge in [-0.2, -0.15) is 4.31 Å². The summed E-state index contributed by atoms with van der Waals surface area (Å²) < 4.78 is 33.1. The van der Waals surface area contributed by atoms with Crippen LogP contribution in [-0.2, 0) is 10.0 Å². The smallest absolute Gasteiger partial charge is 0.284 e. The first-order chi connectivity index (χ1) is 15.2. The predicted octanol–water partition coefficient (Wildman–Crippen LogP) is 4.53. The van der Waals surface area contributed by atoms with Crippen LogP contribution in [0.25, 0.3) is 11.5 Å². The maximum atomic E-state index is 13.0. The van der Waals surface area contributed by atoms with E-state index in [1.165, 1.54) is 16.4 Å². The summed E-state index contributed by atoms with van der Waals surface area (Å²) in [6, 6.07) is 11.4. The lowest BCUT2D eigenvalue weighted by molar-refractivity contribution is -0.388. The molecule has 3 aromatic rings. The number of nitro groups is 1. The number of piperidine rings is 1. The Morgan fingerprint density at radius 2 is 1.94 bits per heavy atom. The van der Waals surface area contributed by atoms with E-state index < -0.39 is 14.9 Å². The van der Waals surface area contributed by atoms with Crippen molar-refractivity contribution in [2.45, 2.75) is 41.7 Å². The van der Waals surface area contributed by atoms with E-state index in [4.69, 9.17) is 4.42 Å². The topological polar surface area (TPSA) is 119 Å². The number of aromatic nitrogens is 2. The second kappa shape index (κ2) is 9.00. The van der Waals surface area contributed by atoms with Crippen molar-refractivity contribution < 1.29 is 17.8 Å². The van der Waals surface area contributed by atoms with Crippen molar-refractivity contribution in [3.63, 3.8) is 0 Å². The number of sulfonamides is 1. The van der Waals surface area contributed by atoms with Crippen molar-refractivity contribution in [2.75, 3.05) is 13.1 Å². The first-order valence-corrected chi connectivity index (χ1v) is 12.4. The van der Waals surface area contributed by atoms with Gasteiger partial charge in [-0.25, -0.2) is 8.42 Å². The third kappa shape index (κ3) is 4.69. The van der Waals surface area contributed by atoms with Gasteiger partial charge in [-0.1, -0.05) is 24.6 Å². The molecule has 0 N–H and O–H groups in total. The lowest BCUT2D eigenvalue weighted by Crippen LogP contribution is -2.39. The van der Waals surface area contributed by atoms with Crippen LogP contribution >= 0.6 is 11.8 Å². The Morgan fingerprint density at radius 1 is 1.19 bits per heavy atom. The fourth-order valence-electron chi connectivity index (χ4n) is 3.56. The molecule has 2 heterocycles. The van der Waals surface area contributed by atoms with Crippen LogP contribution < -0.4 is 0 Å². The Morgan fingerprint density at radius 3 is 2.62 bits per heavy atom. The number of nitro benzene ring substituents is 1. The van der Waals surface area contributed by atoms with Crippen LogP contribution in [0.2, 0.25) is 0 Å². The minimum absolute atomic E-state index is 0.0893. The van der Waals surface area contributed by atoms with Gasteiger partial charge in [-0.05, 0) is 61.7 Å². The summed E-state index contributed by atoms with van der Waals surface area (Å²) in [6.07, 6.45) is 1.74. The molecular formula is C21H22N4O5S2. The number of rotatable bonds is 6. The Balaban J connectivity index is 1.60. The fourth-order valence-corrected chi connectivity index (χ4v) is 5.94. The van der Waals surface area contributed by atoms with E-state index in [1.807, 2.05) is 38.1 Å². The van der Waals surface area contributed by atoms with Gasteiger partial charge in [0.25, 0.3) is 10.9 Å². The second-order valence-corrected chi connectivity index (χ2v) is 10.8. The Bertz CT molecular complexity index is 1240. The normalized spacial score (nSPS) is 17.4. The molecule has 0 bridgehead atoms. The molecule has 1 fully saturated rings. The highest BCUT2D eigenvalue weighted by Crippen LogP contribution is 2.37. The molecule has 1 aromatic heterocycles. The molecule has 1 aliphatic heterocycles. The molecule has 0 spiro atoms. The molecule has 1 saturated heterocycles. The maximum absolute atomic E-state index is 13.0. The summed E-state index contributed by atoms with van der Waals surface area (Å²) in [4.78, 5) is 11.2. The van der Waals surface area contributed by atoms with Crippen LogP contribution in [0.3, 0.4) is 0 Å². The monoisotopic (exact) mass is 474 g/mol. The molecule has 1 atom stereocenters. The molecular weight excluding hydrogens is 452 g/mol. The Kier molecular flexibility index (Phi) is 6.31. The summed E-state index contributed by atoms with van der Waals surface area (Å²) in [6.45, 7) is 4.80. The summed E-state index contributed by atoms with van der Waals surface area (Å²) in [5, 5.41) is 19.8. The molecule has 168 valence electrons. The zero-order chi connectivity index (χ0) is 22.9. The average molecular weight is 475 g/mol. The lowest BCUT2D eigenvalue weighted by Gasteiger charge is -2.30. The first kappa shape index (κ1) is 22.4. The van der Waals surface area contributed by atoms with Gasteiger partial charge in [-0.3, -0.25) is 10.1 Å². The van der Waals surface area contributed by atoms with E-state index in [9.17, 15) is 18.5 Å². The summed E-state index contributed by atoms with van der Waals surface area (Å²) in [5.41, 5.74) is 1.51. The Hall–Kier alpha value is -2.76. The minimum Gasteiger partial charge on any atom is -0.411 e. The number of benzene rings is 2. The Labute approximate surface area is 190 Å². The van der Waals surface area contributed by atoms with E-state index in [-0.39, 0.29) is 26.6 Å². The molecule has 0 aliphatic carbocycles. The van der Waals surface area contributed by atoms with Gasteiger partial charge in [0.2, 0.25) is 15.9 Å². The first-order valence-electron chi connectivity index (χ1n) is 10.1. The van der Waals surface area contributed by atoms with Crippen molar-refractivity contribution >= 4 is 27.5 Å². The van der Waals surface area contributed by atoms with Crippen LogP contribution in [0, 0.1) is 23.0 Å². The fraction of sp³-hybridized carbons (Fsp3) is 0.333. The van der Waals surface area contributed by atoms with Gasteiger partial charge in [0.15, 0.2) is 0 Å². The van der Waals surface area contributed by atoms with Crippen LogP contribution in [0.4, 0.5) is 5.69 Å². The molecule has 11 heteroatoms. The highest BCUT2D eigenvalue weighted by molar-refractivity contribution is 7.99. The molecule has 9 nitrogen and oxygen atoms in total. The molecule has 1 unspecified atom stereocenters. The third-order valence-electron chi connectivity index (χ3n) is 5.29. The van der Waals surface area contributed by atoms with E-state index in [1.54, 1.807) is 0 Å². The molecule has 2 aromatic carbocycles. The number of aryl methyl sites for hydroxylation is 1. The van der Waals surface area contributed by atoms with Crippen molar-refractivity contribution in [3.05, 3.63) is 58.1 Å². The lowest BCUT2D eigenvalue weighted by atomic mass is 10.0. The van der Waals surface area contributed by atoms with E-state index in [2.05, 4.69) is 10.2 Å². The summed E-state index contributed by atoms with van der Waals surface area (Å²) in [7, 11) is -3.81. The number of nitrogens with zero attached hydrogens (tertiary/aromatic N) is 4. The predicted molar refractivity (Wildman–Crippen MR) is 119 cm³/mol. The number of hydrogen-bond donors (Lipinski definition) is 0. The highest BCUT2D eigenvalue weighted by atomic mass is 32.2. The second-order valence-electron chi connectivity index (χ2n) is 7.84. The SMILES string of the molecule is Cc1ccc(-c2nnc(Sc3ccc(S(=O)(=O)N4CCCC(C)C4)cc3[N+](=O)[O-])o2)cc1. The van der Waals surface area contributed by atoms with Gasteiger partial charge < -0.3 is 4.42 Å². The molecule has 0 radical (unpaired) electrons. The molecule has 32 heavy (non-hydrogen) atoms. The standard InChI is InChI=1S/C21H22N4O5S2/c1-14-5-7-16(8-6-14)20-22-23-21(30-20)31-19-10-9-17(12-18(19)25(26)27)32(28,29)24-11-3-4-15(2)13-24/h5-10,12,15H,3-4,11,13H2,1-2H3. The maximum Gasteiger partial charge on any atom is 0.284 e. The summed E-state index contributed by atoms with van der Waals surface area (Å²) >= 11 is 0.926. The van der Waals surface area contributed by atoms with Gasteiger partial charge in [-0.15, -0.1) is 10.2 Å². The van der Waals surface area contributed by atoms with Crippen molar-refractivity contribution in [1.29, 1.82) is 0 Å². The molecule has 0 amide bonds. The summed E-state index contributed by atoms with van der Waals surface area (Å²) in [5.74, 6) is 0.553. The quantitative estimate of drug-likeness (QED) is 0.378. The van der Waals surface area contributed by atoms with Crippen LogP contribution in [0.5, 0.6) is 0 Å².